The molecular weight excluding hydrogens is 396 g/mol. The van der Waals surface area contributed by atoms with E-state index in [1.807, 2.05) is 31.2 Å². The second-order valence-corrected chi connectivity index (χ2v) is 7.75. The molecule has 7 nitrogen and oxygen atoms in total. The largest absolute Gasteiger partial charge is 0.478 e. The first kappa shape index (κ1) is 23.8. The lowest BCUT2D eigenvalue weighted by Crippen LogP contribution is -2.32. The highest BCUT2D eigenvalue weighted by Crippen LogP contribution is 2.45. The third-order valence-electron chi connectivity index (χ3n) is 5.09. The summed E-state index contributed by atoms with van der Waals surface area (Å²) in [4.78, 5) is 43.6. The molecule has 7 heteroatoms. The molecule has 0 aliphatic heterocycles. The van der Waals surface area contributed by atoms with E-state index in [2.05, 4.69) is 10.6 Å². The molecule has 1 aliphatic rings. The van der Waals surface area contributed by atoms with Crippen molar-refractivity contribution in [1.29, 1.82) is 0 Å². The highest BCUT2D eigenvalue weighted by molar-refractivity contribution is 5.94. The fourth-order valence-electron chi connectivity index (χ4n) is 3.27. The van der Waals surface area contributed by atoms with Crippen molar-refractivity contribution in [3.63, 3.8) is 0 Å². The Morgan fingerprint density at radius 2 is 1.35 bits per heavy atom. The first-order valence-corrected chi connectivity index (χ1v) is 10.0. The van der Waals surface area contributed by atoms with Crippen LogP contribution in [0.2, 0.25) is 0 Å². The smallest absolute Gasteiger partial charge is 0.335 e. The van der Waals surface area contributed by atoms with Gasteiger partial charge in [-0.05, 0) is 49.9 Å². The van der Waals surface area contributed by atoms with Gasteiger partial charge in [0.2, 0.25) is 11.8 Å². The number of carbonyl (C=O) groups is 4. The second kappa shape index (κ2) is 10.0. The van der Waals surface area contributed by atoms with Gasteiger partial charge in [0, 0.05) is 19.4 Å². The number of nitrogens with one attached hydrogen (secondary N) is 2. The van der Waals surface area contributed by atoms with Gasteiger partial charge in [0.1, 0.15) is 0 Å². The van der Waals surface area contributed by atoms with Crippen LogP contribution in [0.25, 0.3) is 0 Å². The molecule has 0 heterocycles. The maximum atomic E-state index is 11.1. The van der Waals surface area contributed by atoms with E-state index in [9.17, 15) is 19.2 Å². The van der Waals surface area contributed by atoms with Crippen molar-refractivity contribution in [1.82, 2.24) is 10.6 Å². The molecule has 0 saturated heterocycles. The van der Waals surface area contributed by atoms with Crippen molar-refractivity contribution in [2.75, 3.05) is 0 Å². The van der Waals surface area contributed by atoms with Gasteiger partial charge in [-0.2, -0.15) is 0 Å². The van der Waals surface area contributed by atoms with Gasteiger partial charge in [-0.15, -0.1) is 0 Å². The van der Waals surface area contributed by atoms with Crippen LogP contribution in [0.5, 0.6) is 0 Å². The molecule has 3 rings (SSSR count). The number of carboxylic acid groups (broad SMARTS) is 1. The zero-order valence-electron chi connectivity index (χ0n) is 18.2. The van der Waals surface area contributed by atoms with Crippen molar-refractivity contribution in [2.24, 2.45) is 0 Å². The molecule has 164 valence electrons. The molecule has 1 saturated carbocycles. The maximum Gasteiger partial charge on any atom is 0.335 e. The first-order chi connectivity index (χ1) is 14.5. The standard InChI is InChI=1S/C13H15NO2.C11H13NO3/c1-9(15)11-3-5-12(6-4-11)13(7-8-13)14-10(2)16;1-7(12-8(2)13)9-3-5-10(6-4-9)11(14)15/h3-6H,7-8H2,1-2H3,(H,14,16);3-7H,1-2H3,(H,12,13)(H,14,15)/t;7-/m.0/s1. The van der Waals surface area contributed by atoms with E-state index in [1.165, 1.54) is 26.0 Å². The summed E-state index contributed by atoms with van der Waals surface area (Å²) in [5.74, 6) is -0.998. The molecule has 1 fully saturated rings. The molecule has 2 aromatic rings. The van der Waals surface area contributed by atoms with Gasteiger partial charge < -0.3 is 15.7 Å². The SMILES string of the molecule is CC(=O)NC1(c2ccc(C(C)=O)cc2)CC1.CC(=O)N[C@@H](C)c1ccc(C(=O)O)cc1. The van der Waals surface area contributed by atoms with Crippen LogP contribution in [0.15, 0.2) is 48.5 Å². The summed E-state index contributed by atoms with van der Waals surface area (Å²) in [5.41, 5.74) is 2.76. The van der Waals surface area contributed by atoms with Crippen molar-refractivity contribution in [3.05, 3.63) is 70.8 Å². The normalized spacial score (nSPS) is 14.3. The van der Waals surface area contributed by atoms with Gasteiger partial charge in [0.15, 0.2) is 5.78 Å². The van der Waals surface area contributed by atoms with Crippen LogP contribution in [-0.2, 0) is 15.1 Å². The molecule has 0 aromatic heterocycles. The Labute approximate surface area is 181 Å². The Morgan fingerprint density at radius 3 is 1.74 bits per heavy atom. The molecule has 2 amide bonds. The van der Waals surface area contributed by atoms with E-state index < -0.39 is 5.97 Å². The fraction of sp³-hybridized carbons (Fsp3) is 0.333. The fourth-order valence-corrected chi connectivity index (χ4v) is 3.27. The molecule has 3 N–H and O–H groups in total. The number of carboxylic acids is 1. The zero-order valence-corrected chi connectivity index (χ0v) is 18.2. The van der Waals surface area contributed by atoms with Crippen LogP contribution in [0.3, 0.4) is 0 Å². The molecule has 31 heavy (non-hydrogen) atoms. The van der Waals surface area contributed by atoms with Crippen molar-refractivity contribution in [2.45, 2.75) is 52.1 Å². The number of ketones is 1. The van der Waals surface area contributed by atoms with Crippen molar-refractivity contribution < 1.29 is 24.3 Å². The van der Waals surface area contributed by atoms with E-state index in [-0.39, 0.29) is 34.7 Å². The van der Waals surface area contributed by atoms with Gasteiger partial charge in [0.25, 0.3) is 0 Å². The predicted molar refractivity (Wildman–Crippen MR) is 117 cm³/mol. The zero-order chi connectivity index (χ0) is 23.2. The number of aromatic carboxylic acids is 1. The highest BCUT2D eigenvalue weighted by atomic mass is 16.4. The minimum atomic E-state index is -0.950. The highest BCUT2D eigenvalue weighted by Gasteiger charge is 2.44. The average molecular weight is 424 g/mol. The van der Waals surface area contributed by atoms with Crippen LogP contribution in [0.1, 0.15) is 78.4 Å². The lowest BCUT2D eigenvalue weighted by atomic mass is 10.0. The Kier molecular flexibility index (Phi) is 7.69. The van der Waals surface area contributed by atoms with E-state index in [4.69, 9.17) is 5.11 Å². The van der Waals surface area contributed by atoms with Gasteiger partial charge in [-0.3, -0.25) is 14.4 Å². The van der Waals surface area contributed by atoms with Crippen molar-refractivity contribution in [3.8, 4) is 0 Å². The van der Waals surface area contributed by atoms with E-state index >= 15 is 0 Å². The van der Waals surface area contributed by atoms with Crippen LogP contribution < -0.4 is 10.6 Å². The van der Waals surface area contributed by atoms with Gasteiger partial charge >= 0.3 is 5.97 Å². The summed E-state index contributed by atoms with van der Waals surface area (Å²) in [6, 6.07) is 13.8. The Bertz CT molecular complexity index is 960. The van der Waals surface area contributed by atoms with Gasteiger partial charge in [0.05, 0.1) is 17.1 Å². The van der Waals surface area contributed by atoms with Gasteiger partial charge in [-0.25, -0.2) is 4.79 Å². The number of hydrogen-bond acceptors (Lipinski definition) is 4. The quantitative estimate of drug-likeness (QED) is 0.614. The molecule has 0 bridgehead atoms. The molecule has 0 unspecified atom stereocenters. The summed E-state index contributed by atoms with van der Waals surface area (Å²) >= 11 is 0. The maximum absolute atomic E-state index is 11.1. The predicted octanol–water partition coefficient (Wildman–Crippen LogP) is 3.60. The number of amides is 2. The van der Waals surface area contributed by atoms with Gasteiger partial charge in [-0.1, -0.05) is 36.4 Å². The van der Waals surface area contributed by atoms with E-state index in [0.29, 0.717) is 5.56 Å². The third kappa shape index (κ3) is 6.77. The topological polar surface area (TPSA) is 113 Å². The van der Waals surface area contributed by atoms with Crippen LogP contribution in [-0.4, -0.2) is 28.7 Å². The van der Waals surface area contributed by atoms with Crippen LogP contribution in [0, 0.1) is 0 Å². The number of rotatable bonds is 6. The molecule has 2 aromatic carbocycles. The Balaban J connectivity index is 0.000000221. The molecule has 0 spiro atoms. The number of benzene rings is 2. The number of carbonyl (C=O) groups excluding carboxylic acids is 3. The minimum absolute atomic E-state index is 0.00635. The van der Waals surface area contributed by atoms with Crippen molar-refractivity contribution >= 4 is 23.6 Å². The monoisotopic (exact) mass is 424 g/mol. The average Bonchev–Trinajstić information content (AvgIpc) is 3.48. The Hall–Kier alpha value is -3.48. The minimum Gasteiger partial charge on any atom is -0.478 e. The van der Waals surface area contributed by atoms with Crippen LogP contribution >= 0.6 is 0 Å². The molecule has 1 atom stereocenters. The number of hydrogen-bond donors (Lipinski definition) is 3. The van der Waals surface area contributed by atoms with E-state index in [0.717, 1.165) is 24.0 Å². The summed E-state index contributed by atoms with van der Waals surface area (Å²) in [7, 11) is 0. The lowest BCUT2D eigenvalue weighted by Gasteiger charge is -2.16. The molecule has 0 radical (unpaired) electrons. The Morgan fingerprint density at radius 1 is 0.839 bits per heavy atom. The third-order valence-corrected chi connectivity index (χ3v) is 5.09. The summed E-state index contributed by atoms with van der Waals surface area (Å²) in [5, 5.41) is 14.4. The number of Topliss-reactive ketones (excluding diaryl/α,β-unsaturated/α-hetero) is 1. The summed E-state index contributed by atoms with van der Waals surface area (Å²) in [6.45, 7) is 6.37. The second-order valence-electron chi connectivity index (χ2n) is 7.75. The van der Waals surface area contributed by atoms with E-state index in [1.54, 1.807) is 19.1 Å². The van der Waals surface area contributed by atoms with Crippen LogP contribution in [0.4, 0.5) is 0 Å². The summed E-state index contributed by atoms with van der Waals surface area (Å²) in [6.07, 6.45) is 1.96. The molecular formula is C24H28N2O5. The molecule has 1 aliphatic carbocycles. The first-order valence-electron chi connectivity index (χ1n) is 10.0. The lowest BCUT2D eigenvalue weighted by molar-refractivity contribution is -0.120. The summed E-state index contributed by atoms with van der Waals surface area (Å²) < 4.78 is 0.